The minimum Gasteiger partial charge on any atom is -0.433 e. The summed E-state index contributed by atoms with van der Waals surface area (Å²) < 4.78 is 9.10. The Morgan fingerprint density at radius 2 is 1.71 bits per heavy atom. The maximum absolute atomic E-state index is 12.9. The fraction of sp³-hybridized carbons (Fsp3) is 0.579. The Bertz CT molecular complexity index is 878. The van der Waals surface area contributed by atoms with E-state index >= 15 is 0 Å². The molecule has 1 atom stereocenters. The summed E-state index contributed by atoms with van der Waals surface area (Å²) in [6.45, 7) is 0.981. The lowest BCUT2D eigenvalue weighted by molar-refractivity contribution is -0.130. The van der Waals surface area contributed by atoms with Gasteiger partial charge in [0.05, 0.1) is 16.8 Å². The predicted octanol–water partition coefficient (Wildman–Crippen LogP) is 1.52. The molecule has 0 aromatic carbocycles. The number of carbonyl (C=O) groups excluding carboxylic acids is 2. The Kier molecular flexibility index (Phi) is 9.07. The number of amides is 2. The standard InChI is InChI=1S/C19H25IN8O3/c20-14-18(29)25(15-27-10-8-21-23-27)12-13-26(16-28-11-9-22-24-28)19(30)31-17-6-4-2-1-3-5-7-17/h8-11,17H,1-4,6,12-16H2. The largest absolute Gasteiger partial charge is 0.433 e. The molecule has 1 aliphatic rings. The third kappa shape index (κ3) is 7.50. The van der Waals surface area contributed by atoms with E-state index in [0.717, 1.165) is 32.1 Å². The van der Waals surface area contributed by atoms with Crippen molar-refractivity contribution < 1.29 is 14.3 Å². The van der Waals surface area contributed by atoms with Crippen LogP contribution in [0.5, 0.6) is 0 Å². The minimum absolute atomic E-state index is 0.0592. The third-order valence-corrected chi connectivity index (χ3v) is 5.37. The fourth-order valence-electron chi connectivity index (χ4n) is 3.05. The highest BCUT2D eigenvalue weighted by Crippen LogP contribution is 2.13. The van der Waals surface area contributed by atoms with Crippen LogP contribution in [0.25, 0.3) is 0 Å². The summed E-state index contributed by atoms with van der Waals surface area (Å²) in [6.07, 6.45) is 10.2. The Labute approximate surface area is 194 Å². The second-order valence-corrected chi connectivity index (χ2v) is 7.78. The van der Waals surface area contributed by atoms with Crippen molar-refractivity contribution in [2.75, 3.05) is 17.5 Å². The summed E-state index contributed by atoms with van der Waals surface area (Å²) >= 11 is 2.02. The van der Waals surface area contributed by atoms with Crippen molar-refractivity contribution in [2.24, 2.45) is 0 Å². The molecule has 2 heterocycles. The van der Waals surface area contributed by atoms with Crippen molar-refractivity contribution in [3.63, 3.8) is 0 Å². The topological polar surface area (TPSA) is 111 Å². The van der Waals surface area contributed by atoms with E-state index in [1.54, 1.807) is 34.4 Å². The average molecular weight is 540 g/mol. The summed E-state index contributed by atoms with van der Waals surface area (Å²) in [5, 5.41) is 15.4. The lowest BCUT2D eigenvalue weighted by atomic mass is 10.1. The quantitative estimate of drug-likeness (QED) is 0.270. The zero-order valence-corrected chi connectivity index (χ0v) is 19.3. The van der Waals surface area contributed by atoms with E-state index in [1.165, 1.54) is 9.58 Å². The van der Waals surface area contributed by atoms with Gasteiger partial charge in [-0.05, 0) is 19.3 Å². The summed E-state index contributed by atoms with van der Waals surface area (Å²) in [4.78, 5) is 28.5. The lowest BCUT2D eigenvalue weighted by Gasteiger charge is -2.28. The monoisotopic (exact) mass is 540 g/mol. The van der Waals surface area contributed by atoms with Gasteiger partial charge in [0, 0.05) is 31.9 Å². The molecule has 12 heteroatoms. The first-order valence-electron chi connectivity index (χ1n) is 10.1. The van der Waals surface area contributed by atoms with Gasteiger partial charge in [-0.25, -0.2) is 14.2 Å². The molecule has 0 fully saturated rings. The van der Waals surface area contributed by atoms with Crippen LogP contribution in [0.15, 0.2) is 24.8 Å². The molecule has 0 N–H and O–H groups in total. The van der Waals surface area contributed by atoms with Gasteiger partial charge in [-0.15, -0.1) is 10.2 Å². The van der Waals surface area contributed by atoms with Crippen molar-refractivity contribution in [3.05, 3.63) is 24.8 Å². The highest BCUT2D eigenvalue weighted by molar-refractivity contribution is 14.1. The molecule has 0 spiro atoms. The number of ether oxygens (including phenoxy) is 1. The van der Waals surface area contributed by atoms with E-state index in [9.17, 15) is 9.59 Å². The van der Waals surface area contributed by atoms with E-state index in [-0.39, 0.29) is 25.8 Å². The van der Waals surface area contributed by atoms with Crippen LogP contribution in [-0.4, -0.2) is 75.4 Å². The van der Waals surface area contributed by atoms with Gasteiger partial charge in [0.2, 0.25) is 5.91 Å². The van der Waals surface area contributed by atoms with Gasteiger partial charge >= 0.3 is 6.09 Å². The molecule has 3 rings (SSSR count). The van der Waals surface area contributed by atoms with Gasteiger partial charge in [-0.3, -0.25) is 9.69 Å². The predicted molar refractivity (Wildman–Crippen MR) is 118 cm³/mol. The van der Waals surface area contributed by atoms with Crippen LogP contribution in [-0.2, 0) is 22.9 Å². The highest BCUT2D eigenvalue weighted by atomic mass is 127. The van der Waals surface area contributed by atoms with Crippen LogP contribution in [0.3, 0.4) is 0 Å². The smallest absolute Gasteiger partial charge is 0.412 e. The van der Waals surface area contributed by atoms with E-state index in [0.29, 0.717) is 11.0 Å². The zero-order valence-electron chi connectivity index (χ0n) is 17.1. The van der Waals surface area contributed by atoms with Crippen LogP contribution < -0.4 is 0 Å². The molecule has 2 aromatic rings. The minimum atomic E-state index is -0.488. The van der Waals surface area contributed by atoms with Crippen molar-refractivity contribution in [3.8, 4) is 11.8 Å². The van der Waals surface area contributed by atoms with E-state index in [2.05, 4.69) is 32.5 Å². The van der Waals surface area contributed by atoms with Crippen LogP contribution in [0.2, 0.25) is 0 Å². The number of nitrogens with zero attached hydrogens (tertiary/aromatic N) is 8. The Morgan fingerprint density at radius 3 is 2.35 bits per heavy atom. The molecule has 1 unspecified atom stereocenters. The molecule has 2 aromatic heterocycles. The van der Waals surface area contributed by atoms with E-state index in [4.69, 9.17) is 4.74 Å². The molecule has 0 bridgehead atoms. The number of hydrogen-bond donors (Lipinski definition) is 0. The number of halogens is 1. The SMILES string of the molecule is O=C(CI)N(CCN(Cn1ccnn1)C(=O)OC1C#CCCCCC1)Cn1ccnn1. The summed E-state index contributed by atoms with van der Waals surface area (Å²) in [5.74, 6) is 6.07. The van der Waals surface area contributed by atoms with Gasteiger partial charge in [-0.2, -0.15) is 0 Å². The number of hydrogen-bond acceptors (Lipinski definition) is 7. The maximum Gasteiger partial charge on any atom is 0.412 e. The molecule has 166 valence electrons. The highest BCUT2D eigenvalue weighted by Gasteiger charge is 2.22. The summed E-state index contributed by atoms with van der Waals surface area (Å²) in [6, 6.07) is 0. The van der Waals surface area contributed by atoms with Gasteiger partial charge in [-0.1, -0.05) is 51.3 Å². The fourth-order valence-corrected chi connectivity index (χ4v) is 3.53. The number of aromatic nitrogens is 6. The molecule has 2 amide bonds. The van der Waals surface area contributed by atoms with Gasteiger partial charge in [0.1, 0.15) is 13.3 Å². The second kappa shape index (κ2) is 12.2. The molecular weight excluding hydrogens is 515 g/mol. The maximum atomic E-state index is 12.9. The van der Waals surface area contributed by atoms with Crippen molar-refractivity contribution in [1.29, 1.82) is 0 Å². The number of alkyl halides is 1. The Hall–Kier alpha value is -2.69. The molecule has 0 aliphatic heterocycles. The van der Waals surface area contributed by atoms with Gasteiger partial charge in [0.25, 0.3) is 0 Å². The van der Waals surface area contributed by atoms with E-state index in [1.807, 2.05) is 22.6 Å². The first-order valence-corrected chi connectivity index (χ1v) is 11.6. The van der Waals surface area contributed by atoms with E-state index < -0.39 is 12.2 Å². The zero-order chi connectivity index (χ0) is 21.9. The van der Waals surface area contributed by atoms with Crippen LogP contribution in [0, 0.1) is 11.8 Å². The number of carbonyl (C=O) groups is 2. The second-order valence-electron chi connectivity index (χ2n) is 7.01. The molecule has 31 heavy (non-hydrogen) atoms. The number of rotatable bonds is 9. The molecule has 0 saturated heterocycles. The molecule has 0 radical (unpaired) electrons. The van der Waals surface area contributed by atoms with Crippen molar-refractivity contribution >= 4 is 34.6 Å². The Balaban J connectivity index is 1.66. The van der Waals surface area contributed by atoms with Crippen molar-refractivity contribution in [1.82, 2.24) is 39.8 Å². The van der Waals surface area contributed by atoms with Gasteiger partial charge < -0.3 is 9.64 Å². The Morgan fingerprint density at radius 1 is 1.03 bits per heavy atom. The van der Waals surface area contributed by atoms with Crippen LogP contribution >= 0.6 is 22.6 Å². The molecule has 0 saturated carbocycles. The average Bonchev–Trinajstić information content (AvgIpc) is 3.45. The molecule has 1 aliphatic carbocycles. The third-order valence-electron chi connectivity index (χ3n) is 4.71. The van der Waals surface area contributed by atoms with Crippen molar-refractivity contribution in [2.45, 2.75) is 51.5 Å². The lowest BCUT2D eigenvalue weighted by Crippen LogP contribution is -2.43. The first-order chi connectivity index (χ1) is 15.2. The molecule has 11 nitrogen and oxygen atoms in total. The summed E-state index contributed by atoms with van der Waals surface area (Å²) in [5.41, 5.74) is 0. The van der Waals surface area contributed by atoms with Crippen LogP contribution in [0.1, 0.15) is 32.1 Å². The normalized spacial score (nSPS) is 15.8. The molecular formula is C19H25IN8O3. The first kappa shape index (κ1) is 23.0. The summed E-state index contributed by atoms with van der Waals surface area (Å²) in [7, 11) is 0. The van der Waals surface area contributed by atoms with Gasteiger partial charge in [0.15, 0.2) is 6.10 Å². The van der Waals surface area contributed by atoms with Crippen LogP contribution in [0.4, 0.5) is 4.79 Å².